The van der Waals surface area contributed by atoms with Crippen LogP contribution in [0.4, 0.5) is 0 Å². The highest BCUT2D eigenvalue weighted by atomic mass is 28.5. The van der Waals surface area contributed by atoms with Crippen LogP contribution in [0.3, 0.4) is 0 Å². The van der Waals surface area contributed by atoms with E-state index < -0.39 is 35.1 Å². The molecule has 9 heteroatoms. The molecule has 1 fully saturated rings. The van der Waals surface area contributed by atoms with E-state index in [0.29, 0.717) is 6.04 Å². The lowest BCUT2D eigenvalue weighted by Gasteiger charge is -2.44. The van der Waals surface area contributed by atoms with Crippen LogP contribution in [0.5, 0.6) is 0 Å². The molecule has 1 saturated heterocycles. The summed E-state index contributed by atoms with van der Waals surface area (Å²) in [5, 5.41) is 0. The summed E-state index contributed by atoms with van der Waals surface area (Å²) >= 11 is 0. The number of hydrogen-bond acceptors (Lipinski definition) is 5. The van der Waals surface area contributed by atoms with Crippen LogP contribution >= 0.6 is 0 Å². The lowest BCUT2D eigenvalue weighted by Crippen LogP contribution is -2.68. The van der Waals surface area contributed by atoms with E-state index in [1.165, 1.54) is 0 Å². The highest BCUT2D eigenvalue weighted by Crippen LogP contribution is 2.25. The predicted molar refractivity (Wildman–Crippen MR) is 82.2 cm³/mol. The maximum Gasteiger partial charge on any atom is 0.404 e. The van der Waals surface area contributed by atoms with Gasteiger partial charge < -0.3 is 16.5 Å². The second kappa shape index (κ2) is 5.58. The zero-order valence-electron chi connectivity index (χ0n) is 12.8. The molecular formula is C9H27NO4Si4. The van der Waals surface area contributed by atoms with E-state index in [1.807, 2.05) is 0 Å². The Hall–Kier alpha value is 0.668. The van der Waals surface area contributed by atoms with Crippen LogP contribution in [0.1, 0.15) is 13.8 Å². The van der Waals surface area contributed by atoms with Crippen LogP contribution in [0.15, 0.2) is 0 Å². The molecule has 0 spiro atoms. The van der Waals surface area contributed by atoms with Crippen molar-refractivity contribution in [3.63, 3.8) is 0 Å². The van der Waals surface area contributed by atoms with Crippen molar-refractivity contribution in [2.24, 2.45) is 0 Å². The molecule has 1 rings (SSSR count). The molecule has 0 radical (unpaired) electrons. The second-order valence-corrected chi connectivity index (χ2v) is 18.5. The van der Waals surface area contributed by atoms with Crippen molar-refractivity contribution >= 4 is 35.1 Å². The van der Waals surface area contributed by atoms with E-state index in [2.05, 4.69) is 58.1 Å². The Balaban J connectivity index is 2.94. The Labute approximate surface area is 116 Å². The molecule has 0 aromatic heterocycles. The largest absolute Gasteiger partial charge is 0.418 e. The molecule has 1 N–H and O–H groups in total. The smallest absolute Gasteiger partial charge is 0.404 e. The summed E-state index contributed by atoms with van der Waals surface area (Å²) in [4.78, 5) is 3.47. The molecule has 0 amide bonds. The van der Waals surface area contributed by atoms with Gasteiger partial charge >= 0.3 is 35.1 Å². The third kappa shape index (κ3) is 5.34. The minimum Gasteiger partial charge on any atom is -0.418 e. The zero-order valence-corrected chi connectivity index (χ0v) is 16.9. The summed E-state index contributed by atoms with van der Waals surface area (Å²) in [6, 6.07) is 0.324. The van der Waals surface area contributed by atoms with Crippen LogP contribution in [-0.4, -0.2) is 41.2 Å². The van der Waals surface area contributed by atoms with Crippen LogP contribution < -0.4 is 4.98 Å². The van der Waals surface area contributed by atoms with Crippen LogP contribution in [0, 0.1) is 0 Å². The topological polar surface area (TPSA) is 49.0 Å². The van der Waals surface area contributed by atoms with Crippen molar-refractivity contribution in [1.82, 2.24) is 4.98 Å². The third-order valence-electron chi connectivity index (χ3n) is 2.33. The molecule has 1 heterocycles. The van der Waals surface area contributed by atoms with Crippen LogP contribution in [0.25, 0.3) is 0 Å². The monoisotopic (exact) mass is 325 g/mol. The summed E-state index contributed by atoms with van der Waals surface area (Å²) in [6.45, 7) is 16.6. The molecule has 0 unspecified atom stereocenters. The normalized spacial score (nSPS) is 36.2. The van der Waals surface area contributed by atoms with Gasteiger partial charge in [0.2, 0.25) is 0 Å². The average molecular weight is 326 g/mol. The van der Waals surface area contributed by atoms with Gasteiger partial charge in [-0.1, -0.05) is 13.8 Å². The highest BCUT2D eigenvalue weighted by molar-refractivity contribution is 6.89. The van der Waals surface area contributed by atoms with Crippen molar-refractivity contribution in [3.05, 3.63) is 0 Å². The van der Waals surface area contributed by atoms with E-state index in [0.717, 1.165) is 0 Å². The average Bonchev–Trinajstić information content (AvgIpc) is 1.90. The molecule has 0 aliphatic carbocycles. The van der Waals surface area contributed by atoms with Crippen molar-refractivity contribution in [3.8, 4) is 0 Å². The Morgan fingerprint density at radius 3 is 1.61 bits per heavy atom. The van der Waals surface area contributed by atoms with Crippen molar-refractivity contribution in [2.45, 2.75) is 59.2 Å². The van der Waals surface area contributed by atoms with Gasteiger partial charge in [-0.25, -0.2) is 0 Å². The number of hydrogen-bond donors (Lipinski definition) is 1. The fraction of sp³-hybridized carbons (Fsp3) is 1.00. The van der Waals surface area contributed by atoms with E-state index in [-0.39, 0.29) is 0 Å². The lowest BCUT2D eigenvalue weighted by atomic mass is 10.4. The van der Waals surface area contributed by atoms with Gasteiger partial charge in [0.05, 0.1) is 0 Å². The fourth-order valence-electron chi connectivity index (χ4n) is 2.41. The summed E-state index contributed by atoms with van der Waals surface area (Å²) in [7, 11) is -8.42. The standard InChI is InChI=1S/C9H27NO4Si4/c1-9(2)10-18(8)13-16(4,5)11-15(3)12-17(6,7)14-18/h9-10,15H,1-8H3. The first kappa shape index (κ1) is 16.7. The molecule has 18 heavy (non-hydrogen) atoms. The fourth-order valence-corrected chi connectivity index (χ4v) is 20.3. The van der Waals surface area contributed by atoms with Gasteiger partial charge in [0.15, 0.2) is 0 Å². The molecule has 0 aromatic rings. The summed E-state index contributed by atoms with van der Waals surface area (Å²) in [5.74, 6) is 0. The van der Waals surface area contributed by atoms with Crippen LogP contribution in [-0.2, 0) is 16.5 Å². The molecule has 0 aromatic carbocycles. The number of nitrogens with one attached hydrogen (secondary N) is 1. The number of rotatable bonds is 2. The molecule has 0 saturated carbocycles. The SMILES string of the molecule is CC(C)N[Si]1(C)O[Si](C)(C)O[SiH](C)O[Si](C)(C)O1. The Morgan fingerprint density at radius 2 is 1.28 bits per heavy atom. The minimum absolute atomic E-state index is 0.324. The van der Waals surface area contributed by atoms with Crippen molar-refractivity contribution in [1.29, 1.82) is 0 Å². The van der Waals surface area contributed by atoms with Crippen LogP contribution in [0.2, 0.25) is 39.3 Å². The van der Waals surface area contributed by atoms with Crippen molar-refractivity contribution in [2.75, 3.05) is 0 Å². The zero-order chi connectivity index (χ0) is 14.2. The maximum absolute atomic E-state index is 6.29. The first-order valence-electron chi connectivity index (χ1n) is 6.47. The van der Waals surface area contributed by atoms with Gasteiger partial charge in [-0.3, -0.25) is 4.98 Å². The molecule has 1 aliphatic heterocycles. The van der Waals surface area contributed by atoms with Gasteiger partial charge in [0, 0.05) is 0 Å². The van der Waals surface area contributed by atoms with Gasteiger partial charge in [0.1, 0.15) is 0 Å². The maximum atomic E-state index is 6.29. The molecule has 0 atom stereocenters. The second-order valence-electron chi connectivity index (χ2n) is 6.05. The minimum atomic E-state index is -2.44. The van der Waals surface area contributed by atoms with Crippen molar-refractivity contribution < 1.29 is 16.5 Å². The quantitative estimate of drug-likeness (QED) is 0.786. The Kier molecular flexibility index (Phi) is 5.18. The van der Waals surface area contributed by atoms with Gasteiger partial charge in [0.25, 0.3) is 0 Å². The Bertz CT molecular complexity index is 280. The summed E-state index contributed by atoms with van der Waals surface area (Å²) < 4.78 is 24.7. The van der Waals surface area contributed by atoms with E-state index in [1.54, 1.807) is 0 Å². The molecular weight excluding hydrogens is 298 g/mol. The van der Waals surface area contributed by atoms with E-state index >= 15 is 0 Å². The first-order valence-corrected chi connectivity index (χ1v) is 16.5. The summed E-state index contributed by atoms with van der Waals surface area (Å²) in [6.07, 6.45) is 0. The highest BCUT2D eigenvalue weighted by Gasteiger charge is 2.49. The molecule has 0 bridgehead atoms. The Morgan fingerprint density at radius 1 is 0.889 bits per heavy atom. The summed E-state index contributed by atoms with van der Waals surface area (Å²) in [5.41, 5.74) is 0. The van der Waals surface area contributed by atoms with Gasteiger partial charge in [-0.2, -0.15) is 0 Å². The molecule has 5 nitrogen and oxygen atoms in total. The van der Waals surface area contributed by atoms with Gasteiger partial charge in [-0.05, 0) is 45.3 Å². The first-order chi connectivity index (χ1) is 7.93. The lowest BCUT2D eigenvalue weighted by molar-refractivity contribution is 0.236. The molecule has 108 valence electrons. The third-order valence-corrected chi connectivity index (χ3v) is 17.7. The van der Waals surface area contributed by atoms with E-state index in [4.69, 9.17) is 16.5 Å². The van der Waals surface area contributed by atoms with Gasteiger partial charge in [-0.15, -0.1) is 0 Å². The predicted octanol–water partition coefficient (Wildman–Crippen LogP) is 1.89. The van der Waals surface area contributed by atoms with E-state index in [9.17, 15) is 0 Å². The molecule has 1 aliphatic rings.